The number of aromatic nitrogens is 1. The Balaban J connectivity index is 1.14. The second-order valence-corrected chi connectivity index (χ2v) is 10.1. The zero-order valence-electron chi connectivity index (χ0n) is 19.0. The van der Waals surface area contributed by atoms with Crippen LogP contribution in [-0.4, -0.2) is 40.2 Å². The number of fused-ring (bicyclic) bond motifs is 3. The number of hydrogen-bond acceptors (Lipinski definition) is 6. The van der Waals surface area contributed by atoms with E-state index in [9.17, 15) is 14.4 Å². The Labute approximate surface area is 206 Å². The molecule has 0 unspecified atom stereocenters. The summed E-state index contributed by atoms with van der Waals surface area (Å²) in [4.78, 5) is 40.7. The van der Waals surface area contributed by atoms with Crippen LogP contribution in [0.4, 0.5) is 4.79 Å². The fourth-order valence-electron chi connectivity index (χ4n) is 4.84. The average molecular weight is 492 g/mol. The maximum absolute atomic E-state index is 12.6. The molecule has 2 aliphatic rings. The molecule has 0 saturated heterocycles. The predicted octanol–water partition coefficient (Wildman–Crippen LogP) is 4.31. The monoisotopic (exact) mass is 491 g/mol. The number of carboxylic acid groups (broad SMARTS) is 1. The lowest BCUT2D eigenvalue weighted by molar-refractivity contribution is -0.139. The molecule has 9 heteroatoms. The molecule has 2 amide bonds. The highest BCUT2D eigenvalue weighted by Gasteiger charge is 2.40. The van der Waals surface area contributed by atoms with Gasteiger partial charge < -0.3 is 20.5 Å². The second kappa shape index (κ2) is 9.50. The third-order valence-electron chi connectivity index (χ3n) is 6.68. The number of ether oxygens (including phenoxy) is 1. The van der Waals surface area contributed by atoms with E-state index in [0.717, 1.165) is 40.0 Å². The number of rotatable bonds is 8. The molecule has 3 aromatic rings. The molecule has 0 spiro atoms. The van der Waals surface area contributed by atoms with Crippen molar-refractivity contribution >= 4 is 29.3 Å². The summed E-state index contributed by atoms with van der Waals surface area (Å²) < 4.78 is 5.53. The first kappa shape index (κ1) is 23.0. The molecule has 2 aliphatic carbocycles. The second-order valence-electron chi connectivity index (χ2n) is 8.96. The normalized spacial score (nSPS) is 15.4. The molecule has 1 fully saturated rings. The van der Waals surface area contributed by atoms with Crippen LogP contribution in [0.15, 0.2) is 54.7 Å². The van der Waals surface area contributed by atoms with Crippen LogP contribution in [-0.2, 0) is 16.1 Å². The first-order valence-corrected chi connectivity index (χ1v) is 12.3. The molecule has 5 rings (SSSR count). The van der Waals surface area contributed by atoms with Gasteiger partial charge in [-0.05, 0) is 41.5 Å². The molecule has 0 aliphatic heterocycles. The van der Waals surface area contributed by atoms with E-state index in [0.29, 0.717) is 22.7 Å². The topological polar surface area (TPSA) is 118 Å². The van der Waals surface area contributed by atoms with Gasteiger partial charge in [-0.3, -0.25) is 9.59 Å². The van der Waals surface area contributed by atoms with Crippen molar-refractivity contribution in [3.05, 3.63) is 75.7 Å². The van der Waals surface area contributed by atoms with Crippen LogP contribution in [0.2, 0.25) is 0 Å². The van der Waals surface area contributed by atoms with Crippen molar-refractivity contribution in [2.45, 2.75) is 43.7 Å². The van der Waals surface area contributed by atoms with E-state index in [2.05, 4.69) is 39.9 Å². The van der Waals surface area contributed by atoms with Crippen molar-refractivity contribution in [2.75, 3.05) is 6.61 Å². The van der Waals surface area contributed by atoms with Crippen LogP contribution < -0.4 is 10.6 Å². The quantitative estimate of drug-likeness (QED) is 0.432. The van der Waals surface area contributed by atoms with E-state index in [1.807, 2.05) is 24.3 Å². The van der Waals surface area contributed by atoms with Crippen molar-refractivity contribution in [2.24, 2.45) is 0 Å². The predicted molar refractivity (Wildman–Crippen MR) is 130 cm³/mol. The lowest BCUT2D eigenvalue weighted by atomic mass is 9.74. The Morgan fingerprint density at radius 1 is 1.06 bits per heavy atom. The van der Waals surface area contributed by atoms with Crippen LogP contribution >= 0.6 is 11.3 Å². The highest BCUT2D eigenvalue weighted by molar-refractivity contribution is 7.13. The van der Waals surface area contributed by atoms with Crippen molar-refractivity contribution in [1.29, 1.82) is 0 Å². The number of nitrogens with one attached hydrogen (secondary N) is 2. The van der Waals surface area contributed by atoms with Gasteiger partial charge in [0.05, 0.1) is 24.7 Å². The van der Waals surface area contributed by atoms with Crippen LogP contribution in [0.25, 0.3) is 11.1 Å². The molecule has 8 nitrogen and oxygen atoms in total. The van der Waals surface area contributed by atoms with Gasteiger partial charge in [0.1, 0.15) is 16.5 Å². The molecule has 35 heavy (non-hydrogen) atoms. The lowest BCUT2D eigenvalue weighted by Gasteiger charge is -2.41. The van der Waals surface area contributed by atoms with Crippen LogP contribution in [0.3, 0.4) is 0 Å². The molecular formula is C26H25N3O5S. The summed E-state index contributed by atoms with van der Waals surface area (Å²) in [5.41, 5.74) is 3.94. The zero-order valence-corrected chi connectivity index (χ0v) is 19.8. The van der Waals surface area contributed by atoms with Gasteiger partial charge in [-0.2, -0.15) is 0 Å². The summed E-state index contributed by atoms with van der Waals surface area (Å²) >= 11 is 1.16. The number of alkyl carbamates (subject to hydrolysis) is 1. The van der Waals surface area contributed by atoms with Crippen LogP contribution in [0, 0.1) is 0 Å². The number of carboxylic acids is 1. The fourth-order valence-corrected chi connectivity index (χ4v) is 5.59. The lowest BCUT2D eigenvalue weighted by Crippen LogP contribution is -2.54. The van der Waals surface area contributed by atoms with Crippen molar-refractivity contribution < 1.29 is 24.2 Å². The summed E-state index contributed by atoms with van der Waals surface area (Å²) in [6, 6.07) is 16.3. The smallest absolute Gasteiger partial charge is 0.407 e. The third kappa shape index (κ3) is 4.77. The number of thiazole rings is 1. The highest BCUT2D eigenvalue weighted by Crippen LogP contribution is 2.44. The van der Waals surface area contributed by atoms with Gasteiger partial charge in [0.25, 0.3) is 5.91 Å². The molecule has 1 saturated carbocycles. The number of carbonyl (C=O) groups is 3. The summed E-state index contributed by atoms with van der Waals surface area (Å²) in [5.74, 6) is -1.29. The van der Waals surface area contributed by atoms with E-state index in [4.69, 9.17) is 9.84 Å². The van der Waals surface area contributed by atoms with Gasteiger partial charge in [0.2, 0.25) is 0 Å². The fraction of sp³-hybridized carbons (Fsp3) is 0.308. The van der Waals surface area contributed by atoms with Crippen molar-refractivity contribution in [1.82, 2.24) is 15.6 Å². The third-order valence-corrected chi connectivity index (χ3v) is 7.68. The number of carbonyl (C=O) groups excluding carboxylic acids is 2. The molecule has 0 atom stereocenters. The Bertz CT molecular complexity index is 1240. The largest absolute Gasteiger partial charge is 0.481 e. The van der Waals surface area contributed by atoms with E-state index in [1.54, 1.807) is 0 Å². The summed E-state index contributed by atoms with van der Waals surface area (Å²) in [6.45, 7) is 0.353. The Morgan fingerprint density at radius 2 is 1.71 bits per heavy atom. The number of benzene rings is 2. The maximum Gasteiger partial charge on any atom is 0.407 e. The number of hydrogen-bond donors (Lipinski definition) is 3. The summed E-state index contributed by atoms with van der Waals surface area (Å²) in [6.07, 6.45) is 3.00. The van der Waals surface area contributed by atoms with Crippen molar-refractivity contribution in [3.8, 4) is 11.1 Å². The van der Waals surface area contributed by atoms with E-state index < -0.39 is 17.6 Å². The minimum Gasteiger partial charge on any atom is -0.481 e. The highest BCUT2D eigenvalue weighted by atomic mass is 32.1. The molecule has 0 bridgehead atoms. The van der Waals surface area contributed by atoms with Crippen LogP contribution in [0.5, 0.6) is 0 Å². The molecule has 180 valence electrons. The minimum absolute atomic E-state index is 0.0204. The summed E-state index contributed by atoms with van der Waals surface area (Å²) in [5, 5.41) is 15.2. The van der Waals surface area contributed by atoms with Gasteiger partial charge in [0, 0.05) is 5.92 Å². The molecule has 2 aromatic carbocycles. The first-order chi connectivity index (χ1) is 16.9. The van der Waals surface area contributed by atoms with E-state index >= 15 is 0 Å². The van der Waals surface area contributed by atoms with Gasteiger partial charge in [0.15, 0.2) is 0 Å². The molecule has 1 aromatic heterocycles. The Morgan fingerprint density at radius 3 is 2.31 bits per heavy atom. The average Bonchev–Trinajstić information content (AvgIpc) is 3.43. The van der Waals surface area contributed by atoms with E-state index in [1.165, 1.54) is 6.20 Å². The Hall–Kier alpha value is -3.72. The number of nitrogens with zero attached hydrogens (tertiary/aromatic N) is 1. The van der Waals surface area contributed by atoms with Gasteiger partial charge in [-0.15, -0.1) is 11.3 Å². The SMILES string of the molecule is O=C(O)CC1(NC(=O)c2cnc(CNC(=O)OCC3c4ccccc4-c4ccccc43)s2)CCC1. The van der Waals surface area contributed by atoms with Gasteiger partial charge in [-0.25, -0.2) is 9.78 Å². The molecule has 3 N–H and O–H groups in total. The van der Waals surface area contributed by atoms with Crippen LogP contribution in [0.1, 0.15) is 57.4 Å². The standard InChI is InChI=1S/C26H25N3O5S/c30-23(31)12-26(10-5-11-26)29-24(32)21-13-27-22(35-21)14-28-25(33)34-15-20-18-8-3-1-6-16(18)17-7-2-4-9-19(17)20/h1-4,6-9,13,20H,5,10-12,14-15H2,(H,28,33)(H,29,32)(H,30,31). The zero-order chi connectivity index (χ0) is 24.4. The Kier molecular flexibility index (Phi) is 6.25. The van der Waals surface area contributed by atoms with E-state index in [-0.39, 0.29) is 31.4 Å². The number of amides is 2. The molecule has 0 radical (unpaired) electrons. The minimum atomic E-state index is -0.928. The maximum atomic E-state index is 12.6. The van der Waals surface area contributed by atoms with Crippen molar-refractivity contribution in [3.63, 3.8) is 0 Å². The van der Waals surface area contributed by atoms with Gasteiger partial charge in [-0.1, -0.05) is 48.5 Å². The molecule has 1 heterocycles. The number of aliphatic carboxylic acids is 1. The van der Waals surface area contributed by atoms with Gasteiger partial charge >= 0.3 is 12.1 Å². The molecular weight excluding hydrogens is 466 g/mol. The first-order valence-electron chi connectivity index (χ1n) is 11.5. The summed E-state index contributed by atoms with van der Waals surface area (Å²) in [7, 11) is 0.